The van der Waals surface area contributed by atoms with Crippen molar-refractivity contribution in [3.8, 4) is 0 Å². The number of benzene rings is 2. The fourth-order valence-corrected chi connectivity index (χ4v) is 3.74. The van der Waals surface area contributed by atoms with E-state index in [4.69, 9.17) is 11.6 Å². The quantitative estimate of drug-likeness (QED) is 0.769. The Morgan fingerprint density at radius 2 is 1.43 bits per heavy atom. The van der Waals surface area contributed by atoms with Crippen molar-refractivity contribution in [3.05, 3.63) is 60.2 Å². The van der Waals surface area contributed by atoms with E-state index in [2.05, 4.69) is 0 Å². The predicted octanol–water partition coefficient (Wildman–Crippen LogP) is 3.31. The van der Waals surface area contributed by atoms with Crippen molar-refractivity contribution in [3.63, 3.8) is 0 Å². The molecule has 0 aliphatic rings. The summed E-state index contributed by atoms with van der Waals surface area (Å²) in [6.45, 7) is 1.31. The van der Waals surface area contributed by atoms with Crippen molar-refractivity contribution >= 4 is 32.6 Å². The molecule has 0 fully saturated rings. The molecule has 0 N–H and O–H groups in total. The molecule has 2 rings (SSSR count). The van der Waals surface area contributed by atoms with Crippen LogP contribution in [0.2, 0.25) is 0 Å². The molecule has 4 nitrogen and oxygen atoms in total. The molecule has 2 aromatic carbocycles. The summed E-state index contributed by atoms with van der Waals surface area (Å²) in [5.74, 6) is -1.16. The van der Waals surface area contributed by atoms with Gasteiger partial charge in [0.1, 0.15) is 17.7 Å². The Labute approximate surface area is 137 Å². The summed E-state index contributed by atoms with van der Waals surface area (Å²) in [7, 11) is -4.19. The molecule has 122 valence electrons. The number of anilines is 1. The molecule has 23 heavy (non-hydrogen) atoms. The Kier molecular flexibility index (Phi) is 5.01. The Balaban J connectivity index is 2.58. The maximum Gasteiger partial charge on any atom is 0.265 e. The summed E-state index contributed by atoms with van der Waals surface area (Å²) in [4.78, 5) is 11.3. The number of carbonyl (C=O) groups excluding carboxylic acids is 1. The average Bonchev–Trinajstić information content (AvgIpc) is 2.49. The second-order valence-electron chi connectivity index (χ2n) is 4.71. The molecule has 0 heterocycles. The molecule has 0 saturated heterocycles. The van der Waals surface area contributed by atoms with Crippen LogP contribution in [0.15, 0.2) is 53.4 Å². The number of rotatable bonds is 5. The van der Waals surface area contributed by atoms with Crippen molar-refractivity contribution in [2.75, 3.05) is 4.31 Å². The van der Waals surface area contributed by atoms with E-state index in [-0.39, 0.29) is 10.6 Å². The molecular weight excluding hydrogens is 348 g/mol. The standard InChI is InChI=1S/C15H12ClF2NO3S/c1-10(15(16)20)19(13-6-2-11(17)3-7-13)23(21,22)14-8-4-12(18)5-9-14/h2-10H,1H3. The monoisotopic (exact) mass is 359 g/mol. The highest BCUT2D eigenvalue weighted by Crippen LogP contribution is 2.27. The van der Waals surface area contributed by atoms with Crippen LogP contribution in [0, 0.1) is 11.6 Å². The molecule has 0 bridgehead atoms. The summed E-state index contributed by atoms with van der Waals surface area (Å²) in [5.41, 5.74) is 0.0669. The van der Waals surface area contributed by atoms with Gasteiger partial charge >= 0.3 is 0 Å². The molecule has 0 saturated carbocycles. The van der Waals surface area contributed by atoms with Gasteiger partial charge in [-0.2, -0.15) is 0 Å². The molecule has 0 spiro atoms. The van der Waals surface area contributed by atoms with E-state index in [1.54, 1.807) is 0 Å². The first-order chi connectivity index (χ1) is 10.7. The number of hydrogen-bond donors (Lipinski definition) is 0. The molecule has 0 amide bonds. The molecule has 2 aromatic rings. The van der Waals surface area contributed by atoms with Crippen LogP contribution < -0.4 is 4.31 Å². The zero-order chi connectivity index (χ0) is 17.2. The third-order valence-corrected chi connectivity index (χ3v) is 5.36. The zero-order valence-electron chi connectivity index (χ0n) is 11.9. The number of halogens is 3. The van der Waals surface area contributed by atoms with Gasteiger partial charge in [-0.15, -0.1) is 0 Å². The van der Waals surface area contributed by atoms with E-state index in [9.17, 15) is 22.0 Å². The first-order valence-electron chi connectivity index (χ1n) is 6.48. The van der Waals surface area contributed by atoms with E-state index in [1.807, 2.05) is 0 Å². The number of sulfonamides is 1. The van der Waals surface area contributed by atoms with Crippen molar-refractivity contribution in [1.82, 2.24) is 0 Å². The van der Waals surface area contributed by atoms with Crippen molar-refractivity contribution < 1.29 is 22.0 Å². The normalized spacial score (nSPS) is 12.7. The zero-order valence-corrected chi connectivity index (χ0v) is 13.5. The topological polar surface area (TPSA) is 54.5 Å². The molecule has 0 aliphatic heterocycles. The van der Waals surface area contributed by atoms with Crippen LogP contribution in [0.4, 0.5) is 14.5 Å². The van der Waals surface area contributed by atoms with Gasteiger partial charge in [-0.25, -0.2) is 17.2 Å². The van der Waals surface area contributed by atoms with E-state index in [0.717, 1.165) is 40.7 Å². The Hall–Kier alpha value is -1.99. The molecule has 1 unspecified atom stereocenters. The van der Waals surface area contributed by atoms with E-state index in [0.29, 0.717) is 0 Å². The Morgan fingerprint density at radius 3 is 1.87 bits per heavy atom. The van der Waals surface area contributed by atoms with Crippen molar-refractivity contribution in [2.24, 2.45) is 0 Å². The highest BCUT2D eigenvalue weighted by Gasteiger charge is 2.32. The first kappa shape index (κ1) is 17.4. The minimum atomic E-state index is -4.19. The SMILES string of the molecule is CC(C(=O)Cl)N(c1ccc(F)cc1)S(=O)(=O)c1ccc(F)cc1. The lowest BCUT2D eigenvalue weighted by Gasteiger charge is -2.28. The number of carbonyl (C=O) groups is 1. The van der Waals surface area contributed by atoms with Gasteiger partial charge in [-0.3, -0.25) is 9.10 Å². The second kappa shape index (κ2) is 6.64. The minimum absolute atomic E-state index is 0.0669. The van der Waals surface area contributed by atoms with Gasteiger partial charge in [0.2, 0.25) is 5.24 Å². The van der Waals surface area contributed by atoms with Crippen LogP contribution in [0.25, 0.3) is 0 Å². The third-order valence-electron chi connectivity index (χ3n) is 3.13. The highest BCUT2D eigenvalue weighted by atomic mass is 35.5. The largest absolute Gasteiger partial charge is 0.279 e. The Bertz CT molecular complexity index is 808. The van der Waals surface area contributed by atoms with Gasteiger partial charge < -0.3 is 0 Å². The van der Waals surface area contributed by atoms with Crippen LogP contribution in [0.1, 0.15) is 6.92 Å². The van der Waals surface area contributed by atoms with E-state index >= 15 is 0 Å². The second-order valence-corrected chi connectivity index (χ2v) is 6.90. The van der Waals surface area contributed by atoms with Gasteiger partial charge in [0.15, 0.2) is 0 Å². The minimum Gasteiger partial charge on any atom is -0.279 e. The molecule has 0 radical (unpaired) electrons. The van der Waals surface area contributed by atoms with Crippen LogP contribution >= 0.6 is 11.6 Å². The van der Waals surface area contributed by atoms with Gasteiger partial charge in [-0.1, -0.05) is 0 Å². The summed E-state index contributed by atoms with van der Waals surface area (Å²) in [5, 5.41) is -0.903. The van der Waals surface area contributed by atoms with Crippen LogP contribution in [-0.4, -0.2) is 19.7 Å². The van der Waals surface area contributed by atoms with Gasteiger partial charge in [0.05, 0.1) is 10.6 Å². The van der Waals surface area contributed by atoms with Gasteiger partial charge in [0.25, 0.3) is 10.0 Å². The summed E-state index contributed by atoms with van der Waals surface area (Å²) in [6, 6.07) is 7.46. The molecule has 8 heteroatoms. The van der Waals surface area contributed by atoms with Crippen LogP contribution in [0.3, 0.4) is 0 Å². The number of hydrogen-bond acceptors (Lipinski definition) is 3. The lowest BCUT2D eigenvalue weighted by Crippen LogP contribution is -2.42. The third kappa shape index (κ3) is 3.68. The smallest absolute Gasteiger partial charge is 0.265 e. The lowest BCUT2D eigenvalue weighted by molar-refractivity contribution is -0.112. The average molecular weight is 360 g/mol. The van der Waals surface area contributed by atoms with E-state index < -0.39 is 32.9 Å². The van der Waals surface area contributed by atoms with Crippen molar-refractivity contribution in [2.45, 2.75) is 17.9 Å². The maximum atomic E-state index is 13.1. The van der Waals surface area contributed by atoms with Gasteiger partial charge in [0, 0.05) is 0 Å². The summed E-state index contributed by atoms with van der Waals surface area (Å²) in [6.07, 6.45) is 0. The van der Waals surface area contributed by atoms with Crippen LogP contribution in [0.5, 0.6) is 0 Å². The highest BCUT2D eigenvalue weighted by molar-refractivity contribution is 7.93. The number of nitrogens with zero attached hydrogens (tertiary/aromatic N) is 1. The fourth-order valence-electron chi connectivity index (χ4n) is 1.97. The van der Waals surface area contributed by atoms with E-state index in [1.165, 1.54) is 19.1 Å². The Morgan fingerprint density at radius 1 is 1.00 bits per heavy atom. The summed E-state index contributed by atoms with van der Waals surface area (Å²) < 4.78 is 52.4. The first-order valence-corrected chi connectivity index (χ1v) is 8.30. The maximum absolute atomic E-state index is 13.1. The fraction of sp³-hybridized carbons (Fsp3) is 0.133. The molecule has 0 aliphatic carbocycles. The van der Waals surface area contributed by atoms with Gasteiger partial charge in [-0.05, 0) is 67.1 Å². The van der Waals surface area contributed by atoms with Crippen LogP contribution in [-0.2, 0) is 14.8 Å². The molecule has 0 aromatic heterocycles. The predicted molar refractivity (Wildman–Crippen MR) is 82.8 cm³/mol. The lowest BCUT2D eigenvalue weighted by atomic mass is 10.3. The molecule has 1 atom stereocenters. The summed E-state index contributed by atoms with van der Waals surface area (Å²) >= 11 is 5.44. The molecular formula is C15H12ClF2NO3S. The van der Waals surface area contributed by atoms with Crippen molar-refractivity contribution in [1.29, 1.82) is 0 Å².